The van der Waals surface area contributed by atoms with E-state index < -0.39 is 0 Å². The highest BCUT2D eigenvalue weighted by atomic mass is 16.5. The van der Waals surface area contributed by atoms with Crippen LogP contribution < -0.4 is 15.4 Å². The normalized spacial score (nSPS) is 10.7. The molecule has 0 fully saturated rings. The molecule has 0 radical (unpaired) electrons. The summed E-state index contributed by atoms with van der Waals surface area (Å²) in [5.74, 6) is 0.844. The highest BCUT2D eigenvalue weighted by Crippen LogP contribution is 2.33. The van der Waals surface area contributed by atoms with Crippen LogP contribution in [0.1, 0.15) is 6.92 Å². The maximum absolute atomic E-state index is 11.9. The quantitative estimate of drug-likeness (QED) is 0.482. The number of hydrogen-bond donors (Lipinski definition) is 3. The average Bonchev–Trinajstić information content (AvgIpc) is 3.16. The molecule has 0 unspecified atom stereocenters. The zero-order valence-electron chi connectivity index (χ0n) is 15.9. The van der Waals surface area contributed by atoms with Gasteiger partial charge in [-0.3, -0.25) is 5.32 Å². The van der Waals surface area contributed by atoms with Gasteiger partial charge in [0.05, 0.1) is 23.8 Å². The lowest BCUT2D eigenvalue weighted by Crippen LogP contribution is -2.28. The van der Waals surface area contributed by atoms with E-state index in [0.717, 1.165) is 22.2 Å². The van der Waals surface area contributed by atoms with Crippen molar-refractivity contribution in [1.29, 1.82) is 0 Å². The predicted molar refractivity (Wildman–Crippen MR) is 110 cm³/mol. The number of anilines is 1. The number of fused-ring (bicyclic) bond motifs is 1. The molecule has 146 valence electrons. The minimum Gasteiger partial charge on any atom is -0.481 e. The van der Waals surface area contributed by atoms with Gasteiger partial charge in [0.1, 0.15) is 6.33 Å². The Morgan fingerprint density at radius 2 is 1.97 bits per heavy atom. The monoisotopic (exact) mass is 389 g/mol. The van der Waals surface area contributed by atoms with Crippen LogP contribution in [-0.4, -0.2) is 44.6 Å². The van der Waals surface area contributed by atoms with Gasteiger partial charge < -0.3 is 15.0 Å². The Labute approximate surface area is 166 Å². The molecule has 0 atom stereocenters. The van der Waals surface area contributed by atoms with Crippen LogP contribution in [0, 0.1) is 0 Å². The van der Waals surface area contributed by atoms with Gasteiger partial charge in [0.15, 0.2) is 0 Å². The molecular formula is C20H19N7O2. The molecule has 4 aromatic rings. The number of aromatic amines is 1. The second-order valence-electron chi connectivity index (χ2n) is 6.18. The number of urea groups is 1. The standard InChI is InChI=1S/C20H19N7O2/c1-3-23-20(28)27-19-25-16-8-12(13-9-21-11-22-10-13)7-14(18(16)26-19)15-5-4-6-17(24-15)29-2/h4-11H,3H2,1-2H3,(H3,23,25,26,27,28). The topological polar surface area (TPSA) is 118 Å². The number of imidazole rings is 1. The number of aromatic nitrogens is 5. The third-order valence-corrected chi connectivity index (χ3v) is 4.26. The predicted octanol–water partition coefficient (Wildman–Crippen LogP) is 3.23. The first kappa shape index (κ1) is 18.4. The second kappa shape index (κ2) is 7.93. The molecule has 0 bridgehead atoms. The summed E-state index contributed by atoms with van der Waals surface area (Å²) in [6.07, 6.45) is 4.96. The minimum absolute atomic E-state index is 0.329. The summed E-state index contributed by atoms with van der Waals surface area (Å²) in [5.41, 5.74) is 4.66. The van der Waals surface area contributed by atoms with Crippen LogP contribution in [0.4, 0.5) is 10.7 Å². The Hall–Kier alpha value is -4.01. The van der Waals surface area contributed by atoms with Crippen LogP contribution >= 0.6 is 0 Å². The molecule has 0 spiro atoms. The van der Waals surface area contributed by atoms with Crippen LogP contribution in [-0.2, 0) is 0 Å². The van der Waals surface area contributed by atoms with E-state index in [2.05, 4.69) is 35.6 Å². The summed E-state index contributed by atoms with van der Waals surface area (Å²) in [6.45, 7) is 2.36. The third kappa shape index (κ3) is 3.84. The number of H-pyrrole nitrogens is 1. The van der Waals surface area contributed by atoms with Gasteiger partial charge in [-0.2, -0.15) is 0 Å². The lowest BCUT2D eigenvalue weighted by atomic mass is 10.0. The van der Waals surface area contributed by atoms with E-state index in [4.69, 9.17) is 4.74 Å². The van der Waals surface area contributed by atoms with Gasteiger partial charge in [0.25, 0.3) is 0 Å². The van der Waals surface area contributed by atoms with Crippen LogP contribution in [0.25, 0.3) is 33.4 Å². The molecule has 9 nitrogen and oxygen atoms in total. The number of ether oxygens (including phenoxy) is 1. The number of pyridine rings is 1. The number of benzene rings is 1. The van der Waals surface area contributed by atoms with Crippen LogP contribution in [0.5, 0.6) is 5.88 Å². The van der Waals surface area contributed by atoms with Crippen molar-refractivity contribution in [3.05, 3.63) is 49.1 Å². The van der Waals surface area contributed by atoms with Gasteiger partial charge in [-0.25, -0.2) is 24.7 Å². The van der Waals surface area contributed by atoms with E-state index >= 15 is 0 Å². The molecule has 2 amide bonds. The highest BCUT2D eigenvalue weighted by molar-refractivity contribution is 5.97. The largest absolute Gasteiger partial charge is 0.481 e. The fraction of sp³-hybridized carbons (Fsp3) is 0.150. The van der Waals surface area contributed by atoms with Crippen LogP contribution in [0.15, 0.2) is 49.1 Å². The minimum atomic E-state index is -0.329. The third-order valence-electron chi connectivity index (χ3n) is 4.26. The van der Waals surface area contributed by atoms with Gasteiger partial charge in [-0.05, 0) is 30.7 Å². The first-order chi connectivity index (χ1) is 14.2. The van der Waals surface area contributed by atoms with Crippen molar-refractivity contribution in [2.45, 2.75) is 6.92 Å². The molecule has 4 rings (SSSR count). The van der Waals surface area contributed by atoms with Gasteiger partial charge >= 0.3 is 6.03 Å². The molecule has 9 heteroatoms. The highest BCUT2D eigenvalue weighted by Gasteiger charge is 2.15. The Kier molecular flexibility index (Phi) is 5.02. The number of carbonyl (C=O) groups is 1. The molecule has 0 saturated heterocycles. The van der Waals surface area contributed by atoms with Crippen molar-refractivity contribution in [3.8, 4) is 28.3 Å². The molecule has 1 aromatic carbocycles. The zero-order valence-corrected chi connectivity index (χ0v) is 15.9. The van der Waals surface area contributed by atoms with Crippen molar-refractivity contribution < 1.29 is 9.53 Å². The number of amides is 2. The molecule has 3 aromatic heterocycles. The van der Waals surface area contributed by atoms with Gasteiger partial charge in [0.2, 0.25) is 11.8 Å². The first-order valence-corrected chi connectivity index (χ1v) is 9.03. The fourth-order valence-corrected chi connectivity index (χ4v) is 2.98. The Balaban J connectivity index is 1.88. The van der Waals surface area contributed by atoms with Crippen LogP contribution in [0.2, 0.25) is 0 Å². The van der Waals surface area contributed by atoms with E-state index in [-0.39, 0.29) is 6.03 Å². The molecule has 0 saturated carbocycles. The Morgan fingerprint density at radius 3 is 2.72 bits per heavy atom. The summed E-state index contributed by atoms with van der Waals surface area (Å²) in [7, 11) is 1.57. The second-order valence-corrected chi connectivity index (χ2v) is 6.18. The molecule has 29 heavy (non-hydrogen) atoms. The molecule has 0 aliphatic heterocycles. The maximum atomic E-state index is 11.9. The van der Waals surface area contributed by atoms with Crippen molar-refractivity contribution in [3.63, 3.8) is 0 Å². The van der Waals surface area contributed by atoms with E-state index in [0.29, 0.717) is 29.6 Å². The van der Waals surface area contributed by atoms with Gasteiger partial charge in [-0.15, -0.1) is 0 Å². The van der Waals surface area contributed by atoms with E-state index in [1.54, 1.807) is 25.6 Å². The summed E-state index contributed by atoms with van der Waals surface area (Å²) < 4.78 is 5.26. The van der Waals surface area contributed by atoms with Crippen molar-refractivity contribution in [1.82, 2.24) is 30.2 Å². The van der Waals surface area contributed by atoms with Crippen molar-refractivity contribution >= 4 is 23.0 Å². The Morgan fingerprint density at radius 1 is 1.14 bits per heavy atom. The molecule has 3 heterocycles. The summed E-state index contributed by atoms with van der Waals surface area (Å²) in [6, 6.07) is 9.11. The number of nitrogens with zero attached hydrogens (tertiary/aromatic N) is 4. The Bertz CT molecular complexity index is 1160. The number of hydrogen-bond acceptors (Lipinski definition) is 6. The van der Waals surface area contributed by atoms with Crippen molar-refractivity contribution in [2.24, 2.45) is 0 Å². The van der Waals surface area contributed by atoms with Gasteiger partial charge in [0, 0.05) is 36.1 Å². The number of nitrogens with one attached hydrogen (secondary N) is 3. The maximum Gasteiger partial charge on any atom is 0.321 e. The van der Waals surface area contributed by atoms with E-state index in [9.17, 15) is 4.79 Å². The molecule has 0 aliphatic carbocycles. The average molecular weight is 389 g/mol. The summed E-state index contributed by atoms with van der Waals surface area (Å²) in [4.78, 5) is 32.3. The lowest BCUT2D eigenvalue weighted by molar-refractivity contribution is 0.252. The van der Waals surface area contributed by atoms with E-state index in [1.807, 2.05) is 31.2 Å². The smallest absolute Gasteiger partial charge is 0.321 e. The number of rotatable bonds is 5. The lowest BCUT2D eigenvalue weighted by Gasteiger charge is -2.08. The number of carbonyl (C=O) groups excluding carboxylic acids is 1. The summed E-state index contributed by atoms with van der Waals surface area (Å²) >= 11 is 0. The van der Waals surface area contributed by atoms with Crippen molar-refractivity contribution in [2.75, 3.05) is 19.0 Å². The number of methoxy groups -OCH3 is 1. The van der Waals surface area contributed by atoms with Crippen LogP contribution in [0.3, 0.4) is 0 Å². The fourth-order valence-electron chi connectivity index (χ4n) is 2.98. The van der Waals surface area contributed by atoms with E-state index in [1.165, 1.54) is 6.33 Å². The summed E-state index contributed by atoms with van der Waals surface area (Å²) in [5, 5.41) is 5.39. The molecule has 0 aliphatic rings. The first-order valence-electron chi connectivity index (χ1n) is 9.03. The zero-order chi connectivity index (χ0) is 20.2. The van der Waals surface area contributed by atoms with Gasteiger partial charge in [-0.1, -0.05) is 6.07 Å². The SMILES string of the molecule is CCNC(=O)Nc1nc2c(-c3cccc(OC)n3)cc(-c3cncnc3)cc2[nH]1. The molecular weight excluding hydrogens is 370 g/mol. The molecule has 3 N–H and O–H groups in total.